The number of hydrogen-bond donors (Lipinski definition) is 1. The van der Waals surface area contributed by atoms with Gasteiger partial charge in [0, 0.05) is 12.1 Å². The molecule has 5 amide bonds. The third-order valence-corrected chi connectivity index (χ3v) is 7.97. The summed E-state index contributed by atoms with van der Waals surface area (Å²) >= 11 is 17.0. The molecule has 1 fully saturated rings. The highest BCUT2D eigenvalue weighted by atomic mass is 35.6. The van der Waals surface area contributed by atoms with E-state index in [0.29, 0.717) is 6.42 Å². The monoisotopic (exact) mass is 665 g/mol. The summed E-state index contributed by atoms with van der Waals surface area (Å²) in [6.07, 6.45) is -1.47. The molecule has 44 heavy (non-hydrogen) atoms. The molecule has 9 nitrogen and oxygen atoms in total. The van der Waals surface area contributed by atoms with E-state index < -0.39 is 57.7 Å². The van der Waals surface area contributed by atoms with Gasteiger partial charge in [-0.15, -0.1) is 0 Å². The molecule has 13 heteroatoms. The number of amides is 5. The van der Waals surface area contributed by atoms with Crippen LogP contribution in [0.25, 0.3) is 0 Å². The quantitative estimate of drug-likeness (QED) is 0.195. The molecular formula is C31H31Cl3FN3O6. The molecular weight excluding hydrogens is 636 g/mol. The van der Waals surface area contributed by atoms with E-state index in [9.17, 15) is 24.0 Å². The number of ether oxygens (including phenoxy) is 1. The molecule has 0 bridgehead atoms. The van der Waals surface area contributed by atoms with Gasteiger partial charge in [-0.25, -0.2) is 14.1 Å². The second-order valence-corrected chi connectivity index (χ2v) is 13.2. The molecule has 234 valence electrons. The van der Waals surface area contributed by atoms with E-state index in [4.69, 9.17) is 39.5 Å². The lowest BCUT2D eigenvalue weighted by atomic mass is 9.95. The minimum absolute atomic E-state index is 0.0469. The molecule has 4 rings (SSSR count). The number of fused-ring (bicyclic) bond motifs is 1. The predicted octanol–water partition coefficient (Wildman–Crippen LogP) is 5.43. The van der Waals surface area contributed by atoms with Gasteiger partial charge in [0.25, 0.3) is 27.4 Å². The lowest BCUT2D eigenvalue weighted by molar-refractivity contribution is -0.125. The predicted molar refractivity (Wildman–Crippen MR) is 163 cm³/mol. The van der Waals surface area contributed by atoms with E-state index in [0.717, 1.165) is 21.4 Å². The van der Waals surface area contributed by atoms with Gasteiger partial charge in [-0.3, -0.25) is 24.1 Å². The highest BCUT2D eigenvalue weighted by molar-refractivity contribution is 6.76. The molecule has 2 aliphatic heterocycles. The fraction of sp³-hybridized carbons (Fsp3) is 0.387. The minimum Gasteiger partial charge on any atom is -0.447 e. The Bertz CT molecular complexity index is 1430. The van der Waals surface area contributed by atoms with Crippen molar-refractivity contribution in [2.45, 2.75) is 55.2 Å². The van der Waals surface area contributed by atoms with Gasteiger partial charge in [0.1, 0.15) is 12.8 Å². The number of imide groups is 2. The van der Waals surface area contributed by atoms with Crippen molar-refractivity contribution in [1.82, 2.24) is 15.1 Å². The third kappa shape index (κ3) is 7.60. The number of cyclic esters (lactones) is 1. The molecule has 1 saturated heterocycles. The Balaban J connectivity index is 1.58. The van der Waals surface area contributed by atoms with E-state index in [1.54, 1.807) is 38.1 Å². The molecule has 2 aromatic rings. The Kier molecular flexibility index (Phi) is 10.7. The fourth-order valence-corrected chi connectivity index (χ4v) is 5.34. The molecule has 0 radical (unpaired) electrons. The van der Waals surface area contributed by atoms with Gasteiger partial charge in [-0.1, -0.05) is 91.1 Å². The lowest BCUT2D eigenvalue weighted by Crippen LogP contribution is -2.49. The smallest absolute Gasteiger partial charge is 0.417 e. The maximum Gasteiger partial charge on any atom is 0.417 e. The largest absolute Gasteiger partial charge is 0.447 e. The van der Waals surface area contributed by atoms with Crippen molar-refractivity contribution < 1.29 is 33.1 Å². The van der Waals surface area contributed by atoms with Crippen LogP contribution >= 0.6 is 34.8 Å². The van der Waals surface area contributed by atoms with Crippen LogP contribution in [0, 0.1) is 5.92 Å². The topological polar surface area (TPSA) is 113 Å². The molecule has 3 unspecified atom stereocenters. The molecule has 1 N–H and O–H groups in total. The van der Waals surface area contributed by atoms with Gasteiger partial charge >= 0.3 is 6.09 Å². The van der Waals surface area contributed by atoms with Gasteiger partial charge in [-0.05, 0) is 49.0 Å². The summed E-state index contributed by atoms with van der Waals surface area (Å²) in [6, 6.07) is 13.8. The first kappa shape index (κ1) is 33.4. The summed E-state index contributed by atoms with van der Waals surface area (Å²) in [5.41, 5.74) is 1.32. The second kappa shape index (κ2) is 14.1. The number of benzene rings is 2. The van der Waals surface area contributed by atoms with Crippen molar-refractivity contribution in [3.63, 3.8) is 0 Å². The van der Waals surface area contributed by atoms with Crippen LogP contribution in [0.15, 0.2) is 66.2 Å². The summed E-state index contributed by atoms with van der Waals surface area (Å²) < 4.78 is 18.8. The number of hydrogen-bond acceptors (Lipinski definition) is 6. The molecule has 0 saturated carbocycles. The van der Waals surface area contributed by atoms with Crippen molar-refractivity contribution in [2.75, 3.05) is 13.2 Å². The van der Waals surface area contributed by atoms with Gasteiger partial charge in [0.2, 0.25) is 0 Å². The highest BCUT2D eigenvalue weighted by Gasteiger charge is 2.41. The number of alkyl halides is 4. The highest BCUT2D eigenvalue weighted by Crippen LogP contribution is 2.29. The van der Waals surface area contributed by atoms with Crippen molar-refractivity contribution in [2.24, 2.45) is 5.92 Å². The summed E-state index contributed by atoms with van der Waals surface area (Å²) in [4.78, 5) is 66.7. The average Bonchev–Trinajstić information content (AvgIpc) is 3.46. The number of carbonyl (C=O) groups is 5. The van der Waals surface area contributed by atoms with Crippen LogP contribution in [-0.4, -0.2) is 74.7 Å². The van der Waals surface area contributed by atoms with Crippen molar-refractivity contribution in [3.8, 4) is 0 Å². The standard InChI is InChI=1S/C31H31Cl3FN3O6/c1-18(2)25(36-29(42)31(32,33)34)24(35)16-20(11-8-14-37-27(40)22-12-6-7-13-23(22)28(37)41)26(39)38-21(17-44-30(38)43)15-19-9-4-3-5-10-19/h3-7,9-10,12-13,16,18,21,24-25H,8,11,14-15,17H2,1-2H3,(H,36,42)/b20-16+. The maximum atomic E-state index is 15.9. The minimum atomic E-state index is -2.34. The zero-order valence-electron chi connectivity index (χ0n) is 24.0. The van der Waals surface area contributed by atoms with Crippen LogP contribution in [0.1, 0.15) is 53.0 Å². The number of carbonyl (C=O) groups excluding carboxylic acids is 5. The number of rotatable bonds is 11. The van der Waals surface area contributed by atoms with Gasteiger partial charge in [0.05, 0.1) is 23.2 Å². The van der Waals surface area contributed by atoms with Crippen molar-refractivity contribution in [3.05, 3.63) is 82.9 Å². The van der Waals surface area contributed by atoms with E-state index >= 15 is 4.39 Å². The molecule has 0 spiro atoms. The molecule has 2 aliphatic rings. The molecule has 3 atom stereocenters. The van der Waals surface area contributed by atoms with Crippen LogP contribution in [0.3, 0.4) is 0 Å². The van der Waals surface area contributed by atoms with Crippen molar-refractivity contribution >= 4 is 64.5 Å². The first-order valence-corrected chi connectivity index (χ1v) is 15.1. The summed E-state index contributed by atoms with van der Waals surface area (Å²) in [5, 5.41) is 2.37. The van der Waals surface area contributed by atoms with E-state index in [2.05, 4.69) is 5.32 Å². The van der Waals surface area contributed by atoms with Crippen LogP contribution < -0.4 is 5.32 Å². The summed E-state index contributed by atoms with van der Waals surface area (Å²) in [7, 11) is 0. The summed E-state index contributed by atoms with van der Waals surface area (Å²) in [6.45, 7) is 3.18. The Morgan fingerprint density at radius 3 is 2.18 bits per heavy atom. The van der Waals surface area contributed by atoms with Crippen LogP contribution in [0.2, 0.25) is 0 Å². The first-order chi connectivity index (χ1) is 20.8. The molecule has 2 heterocycles. The Labute approximate surface area is 269 Å². The lowest BCUT2D eigenvalue weighted by Gasteiger charge is -2.27. The fourth-order valence-electron chi connectivity index (χ4n) is 5.17. The number of nitrogens with zero attached hydrogens (tertiary/aromatic N) is 2. The van der Waals surface area contributed by atoms with Crippen LogP contribution in [-0.2, 0) is 20.7 Å². The van der Waals surface area contributed by atoms with E-state index in [1.807, 2.05) is 30.3 Å². The summed E-state index contributed by atoms with van der Waals surface area (Å²) in [5.74, 6) is -3.25. The molecule has 2 aromatic carbocycles. The van der Waals surface area contributed by atoms with Gasteiger partial charge in [0.15, 0.2) is 0 Å². The second-order valence-electron chi connectivity index (χ2n) is 10.9. The Morgan fingerprint density at radius 1 is 1.02 bits per heavy atom. The molecule has 0 aromatic heterocycles. The third-order valence-electron chi connectivity index (χ3n) is 7.45. The normalized spacial score (nSPS) is 18.4. The molecule has 0 aliphatic carbocycles. The SMILES string of the molecule is CC(C)C(NC(=O)C(Cl)(Cl)Cl)C(F)/C=C(\CCCN1C(=O)c2ccccc2C1=O)C(=O)N1C(=O)OCC1Cc1ccccc1. The maximum absolute atomic E-state index is 15.9. The van der Waals surface area contributed by atoms with Crippen LogP contribution in [0.5, 0.6) is 0 Å². The number of halogens is 4. The van der Waals surface area contributed by atoms with Gasteiger partial charge < -0.3 is 10.1 Å². The Morgan fingerprint density at radius 2 is 1.61 bits per heavy atom. The zero-order valence-corrected chi connectivity index (χ0v) is 26.2. The van der Waals surface area contributed by atoms with E-state index in [-0.39, 0.29) is 42.7 Å². The first-order valence-electron chi connectivity index (χ1n) is 14.0. The average molecular weight is 667 g/mol. The number of nitrogens with one attached hydrogen (secondary N) is 1. The van der Waals surface area contributed by atoms with E-state index in [1.165, 1.54) is 0 Å². The van der Waals surface area contributed by atoms with Gasteiger partial charge in [-0.2, -0.15) is 0 Å². The van der Waals surface area contributed by atoms with Crippen LogP contribution in [0.4, 0.5) is 9.18 Å². The van der Waals surface area contributed by atoms with Crippen molar-refractivity contribution in [1.29, 1.82) is 0 Å². The Hall–Kier alpha value is -3.47. The zero-order chi connectivity index (χ0) is 32.2.